The summed E-state index contributed by atoms with van der Waals surface area (Å²) in [7, 11) is 0. The Bertz CT molecular complexity index is 460. The van der Waals surface area contributed by atoms with Gasteiger partial charge in [-0.2, -0.15) is 13.2 Å². The Hall–Kier alpha value is -1.76. The van der Waals surface area contributed by atoms with Gasteiger partial charge in [-0.25, -0.2) is 0 Å². The maximum atomic E-state index is 12.3. The summed E-state index contributed by atoms with van der Waals surface area (Å²) in [6.07, 6.45) is -4.25. The molecule has 0 radical (unpaired) electrons. The molecule has 0 bridgehead atoms. The molecule has 0 spiro atoms. The topological polar surface area (TPSA) is 72.3 Å². The summed E-state index contributed by atoms with van der Waals surface area (Å²) in [6.45, 7) is 0.956. The number of anilines is 1. The number of nitrogen functional groups attached to an aromatic ring is 1. The van der Waals surface area contributed by atoms with Crippen molar-refractivity contribution in [2.75, 3.05) is 18.8 Å². The number of carbonyl (C=O) groups excluding carboxylic acids is 1. The molecule has 106 valence electrons. The number of hydrogen-bond donors (Lipinski definition) is 2. The normalized spacial score (nSPS) is 11.8. The molecule has 1 amide bonds. The van der Waals surface area contributed by atoms with Gasteiger partial charge in [0.15, 0.2) is 0 Å². The fourth-order valence-electron chi connectivity index (χ4n) is 1.67. The summed E-state index contributed by atoms with van der Waals surface area (Å²) in [5.41, 5.74) is 11.8. The van der Waals surface area contributed by atoms with Gasteiger partial charge in [-0.05, 0) is 24.2 Å². The lowest BCUT2D eigenvalue weighted by molar-refractivity contribution is -0.146. The van der Waals surface area contributed by atoms with Crippen LogP contribution in [0, 0.1) is 0 Å². The molecule has 0 unspecified atom stereocenters. The zero-order valence-corrected chi connectivity index (χ0v) is 10.5. The second-order valence-corrected chi connectivity index (χ2v) is 4.20. The SMILES string of the molecule is CCN(Cc1ccc(C(N)=O)cc1N)CC(F)(F)F. The van der Waals surface area contributed by atoms with E-state index in [2.05, 4.69) is 0 Å². The zero-order chi connectivity index (χ0) is 14.6. The molecule has 0 aliphatic heterocycles. The van der Waals surface area contributed by atoms with E-state index in [1.165, 1.54) is 23.1 Å². The molecular formula is C12H16F3N3O. The number of benzene rings is 1. The fourth-order valence-corrected chi connectivity index (χ4v) is 1.67. The van der Waals surface area contributed by atoms with Crippen LogP contribution in [0.3, 0.4) is 0 Å². The van der Waals surface area contributed by atoms with E-state index in [9.17, 15) is 18.0 Å². The number of rotatable bonds is 5. The van der Waals surface area contributed by atoms with Gasteiger partial charge in [-0.15, -0.1) is 0 Å². The van der Waals surface area contributed by atoms with Crippen molar-refractivity contribution in [1.29, 1.82) is 0 Å². The molecule has 1 aromatic rings. The van der Waals surface area contributed by atoms with E-state index in [1.54, 1.807) is 6.92 Å². The van der Waals surface area contributed by atoms with Crippen LogP contribution in [0.4, 0.5) is 18.9 Å². The largest absolute Gasteiger partial charge is 0.401 e. The second kappa shape index (κ2) is 5.92. The quantitative estimate of drug-likeness (QED) is 0.804. The first kappa shape index (κ1) is 15.3. The van der Waals surface area contributed by atoms with Crippen molar-refractivity contribution in [3.8, 4) is 0 Å². The van der Waals surface area contributed by atoms with Crippen molar-refractivity contribution in [2.24, 2.45) is 5.73 Å². The van der Waals surface area contributed by atoms with Gasteiger partial charge in [0.1, 0.15) is 0 Å². The van der Waals surface area contributed by atoms with Crippen molar-refractivity contribution in [3.63, 3.8) is 0 Å². The van der Waals surface area contributed by atoms with E-state index < -0.39 is 18.6 Å². The van der Waals surface area contributed by atoms with Crippen LogP contribution in [0.2, 0.25) is 0 Å². The molecule has 0 aliphatic rings. The van der Waals surface area contributed by atoms with Crippen LogP contribution in [0.15, 0.2) is 18.2 Å². The molecule has 4 N–H and O–H groups in total. The first-order valence-corrected chi connectivity index (χ1v) is 5.70. The third-order valence-corrected chi connectivity index (χ3v) is 2.67. The second-order valence-electron chi connectivity index (χ2n) is 4.20. The maximum Gasteiger partial charge on any atom is 0.401 e. The minimum atomic E-state index is -4.25. The Morgan fingerprint density at radius 1 is 1.37 bits per heavy atom. The van der Waals surface area contributed by atoms with Crippen molar-refractivity contribution in [3.05, 3.63) is 29.3 Å². The molecule has 0 fully saturated rings. The third kappa shape index (κ3) is 4.78. The van der Waals surface area contributed by atoms with Gasteiger partial charge in [-0.1, -0.05) is 13.0 Å². The Labute approximate surface area is 109 Å². The van der Waals surface area contributed by atoms with Gasteiger partial charge in [0.25, 0.3) is 0 Å². The van der Waals surface area contributed by atoms with Crippen molar-refractivity contribution < 1.29 is 18.0 Å². The number of alkyl halides is 3. The smallest absolute Gasteiger partial charge is 0.398 e. The van der Waals surface area contributed by atoms with E-state index in [0.29, 0.717) is 5.56 Å². The predicted octanol–water partition coefficient (Wildman–Crippen LogP) is 1.75. The molecule has 0 heterocycles. The molecule has 1 aromatic carbocycles. The minimum absolute atomic E-state index is 0.0703. The van der Waals surface area contributed by atoms with Gasteiger partial charge < -0.3 is 11.5 Å². The Morgan fingerprint density at radius 2 is 2.00 bits per heavy atom. The number of hydrogen-bond acceptors (Lipinski definition) is 3. The Balaban J connectivity index is 2.83. The summed E-state index contributed by atoms with van der Waals surface area (Å²) in [5.74, 6) is -0.624. The number of carbonyl (C=O) groups is 1. The highest BCUT2D eigenvalue weighted by atomic mass is 19.4. The van der Waals surface area contributed by atoms with Crippen molar-refractivity contribution in [1.82, 2.24) is 4.90 Å². The predicted molar refractivity (Wildman–Crippen MR) is 66.4 cm³/mol. The monoisotopic (exact) mass is 275 g/mol. The highest BCUT2D eigenvalue weighted by Crippen LogP contribution is 2.20. The van der Waals surface area contributed by atoms with E-state index in [4.69, 9.17) is 11.5 Å². The van der Waals surface area contributed by atoms with E-state index in [1.807, 2.05) is 0 Å². The van der Waals surface area contributed by atoms with Crippen LogP contribution in [0.25, 0.3) is 0 Å². The summed E-state index contributed by atoms with van der Waals surface area (Å²) >= 11 is 0. The van der Waals surface area contributed by atoms with E-state index in [0.717, 1.165) is 0 Å². The number of amides is 1. The van der Waals surface area contributed by atoms with Gasteiger partial charge in [0.05, 0.1) is 6.54 Å². The number of primary amides is 1. The Morgan fingerprint density at radius 3 is 2.42 bits per heavy atom. The molecule has 1 rings (SSSR count). The van der Waals surface area contributed by atoms with Gasteiger partial charge in [0, 0.05) is 17.8 Å². The van der Waals surface area contributed by atoms with E-state index in [-0.39, 0.29) is 24.3 Å². The summed E-state index contributed by atoms with van der Waals surface area (Å²) < 4.78 is 37.0. The molecule has 7 heteroatoms. The van der Waals surface area contributed by atoms with Crippen molar-refractivity contribution >= 4 is 11.6 Å². The van der Waals surface area contributed by atoms with Crippen LogP contribution >= 0.6 is 0 Å². The molecule has 0 aromatic heterocycles. The van der Waals surface area contributed by atoms with Gasteiger partial charge >= 0.3 is 6.18 Å². The molecule has 0 atom stereocenters. The summed E-state index contributed by atoms with van der Waals surface area (Å²) in [4.78, 5) is 12.2. The standard InChI is InChI=1S/C12H16F3N3O/c1-2-18(7-12(13,14)15)6-9-4-3-8(11(17)19)5-10(9)16/h3-5H,2,6-7,16H2,1H3,(H2,17,19). The lowest BCUT2D eigenvalue weighted by Gasteiger charge is -2.22. The third-order valence-electron chi connectivity index (χ3n) is 2.67. The van der Waals surface area contributed by atoms with Gasteiger partial charge in [0.2, 0.25) is 5.91 Å². The number of nitrogens with zero attached hydrogens (tertiary/aromatic N) is 1. The zero-order valence-electron chi connectivity index (χ0n) is 10.5. The fraction of sp³-hybridized carbons (Fsp3) is 0.417. The minimum Gasteiger partial charge on any atom is -0.398 e. The highest BCUT2D eigenvalue weighted by molar-refractivity contribution is 5.93. The van der Waals surface area contributed by atoms with E-state index >= 15 is 0 Å². The average molecular weight is 275 g/mol. The first-order valence-electron chi connectivity index (χ1n) is 5.70. The summed E-state index contributed by atoms with van der Waals surface area (Å²) in [6, 6.07) is 4.35. The molecule has 4 nitrogen and oxygen atoms in total. The van der Waals surface area contributed by atoms with Crippen LogP contribution in [0.5, 0.6) is 0 Å². The molecule has 0 aliphatic carbocycles. The molecule has 0 saturated carbocycles. The van der Waals surface area contributed by atoms with Crippen LogP contribution < -0.4 is 11.5 Å². The maximum absolute atomic E-state index is 12.3. The molecule has 0 saturated heterocycles. The lowest BCUT2D eigenvalue weighted by Crippen LogP contribution is -2.33. The average Bonchev–Trinajstić information content (AvgIpc) is 2.28. The highest BCUT2D eigenvalue weighted by Gasteiger charge is 2.30. The lowest BCUT2D eigenvalue weighted by atomic mass is 10.1. The van der Waals surface area contributed by atoms with Gasteiger partial charge in [-0.3, -0.25) is 9.69 Å². The number of nitrogens with two attached hydrogens (primary N) is 2. The van der Waals surface area contributed by atoms with Crippen molar-refractivity contribution in [2.45, 2.75) is 19.6 Å². The molecular weight excluding hydrogens is 259 g/mol. The van der Waals surface area contributed by atoms with Crippen LogP contribution in [0.1, 0.15) is 22.8 Å². The Kier molecular flexibility index (Phi) is 4.77. The molecule has 19 heavy (non-hydrogen) atoms. The van der Waals surface area contributed by atoms with Crippen LogP contribution in [-0.2, 0) is 6.54 Å². The summed E-state index contributed by atoms with van der Waals surface area (Å²) in [5, 5.41) is 0. The first-order chi connectivity index (χ1) is 8.73. The number of halogens is 3. The van der Waals surface area contributed by atoms with Crippen LogP contribution in [-0.4, -0.2) is 30.1 Å².